The van der Waals surface area contributed by atoms with Crippen LogP contribution in [0.4, 0.5) is 0 Å². The molecule has 162 valence electrons. The molecule has 2 fully saturated rings. The van der Waals surface area contributed by atoms with Gasteiger partial charge < -0.3 is 15.4 Å². The number of hydrogen-bond acceptors (Lipinski definition) is 4. The van der Waals surface area contributed by atoms with Crippen LogP contribution in [0.25, 0.3) is 6.08 Å². The summed E-state index contributed by atoms with van der Waals surface area (Å²) in [4.78, 5) is 26.0. The normalized spacial score (nSPS) is 24.2. The second-order valence-electron chi connectivity index (χ2n) is 8.05. The number of methoxy groups -OCH3 is 1. The zero-order valence-electron chi connectivity index (χ0n) is 17.7. The molecule has 1 saturated carbocycles. The molecule has 2 N–H and O–H groups in total. The van der Waals surface area contributed by atoms with Crippen molar-refractivity contribution in [3.8, 4) is 5.75 Å². The van der Waals surface area contributed by atoms with E-state index in [0.29, 0.717) is 18.2 Å². The van der Waals surface area contributed by atoms with Crippen LogP contribution in [0.5, 0.6) is 5.75 Å². The van der Waals surface area contributed by atoms with E-state index in [1.165, 1.54) is 5.56 Å². The highest BCUT2D eigenvalue weighted by molar-refractivity contribution is 8.04. The van der Waals surface area contributed by atoms with Crippen LogP contribution < -0.4 is 15.4 Å². The number of thioether (sulfide) groups is 1. The van der Waals surface area contributed by atoms with Crippen LogP contribution in [0, 0.1) is 5.92 Å². The fourth-order valence-corrected chi connectivity index (χ4v) is 5.49. The molecule has 2 aliphatic rings. The molecule has 0 radical (unpaired) electrons. The predicted molar refractivity (Wildman–Crippen MR) is 125 cm³/mol. The number of ether oxygens (including phenoxy) is 1. The summed E-state index contributed by atoms with van der Waals surface area (Å²) in [5.74, 6) is 0.814. The summed E-state index contributed by atoms with van der Waals surface area (Å²) in [6.07, 6.45) is 5.25. The highest BCUT2D eigenvalue weighted by Gasteiger charge is 2.39. The summed E-state index contributed by atoms with van der Waals surface area (Å²) in [5, 5.41) is 6.54. The molecule has 3 unspecified atom stereocenters. The third kappa shape index (κ3) is 5.50. The Kier molecular flexibility index (Phi) is 6.97. The number of carbonyl (C=O) groups is 2. The third-order valence-corrected chi connectivity index (χ3v) is 7.37. The van der Waals surface area contributed by atoms with Gasteiger partial charge in [0.25, 0.3) is 5.91 Å². The number of amides is 2. The van der Waals surface area contributed by atoms with Gasteiger partial charge in [-0.15, -0.1) is 11.8 Å². The van der Waals surface area contributed by atoms with E-state index in [9.17, 15) is 9.59 Å². The summed E-state index contributed by atoms with van der Waals surface area (Å²) in [6, 6.07) is 17.9. The van der Waals surface area contributed by atoms with Gasteiger partial charge in [0.2, 0.25) is 5.91 Å². The zero-order chi connectivity index (χ0) is 21.6. The maximum Gasteiger partial charge on any atom is 0.257 e. The fourth-order valence-electron chi connectivity index (χ4n) is 4.20. The first kappa shape index (κ1) is 21.5. The first-order chi connectivity index (χ1) is 15.1. The molecule has 3 atom stereocenters. The minimum atomic E-state index is -0.0489. The second kappa shape index (κ2) is 10.1. The molecule has 2 aromatic rings. The molecule has 1 heterocycles. The molecule has 31 heavy (non-hydrogen) atoms. The molecular weight excluding hydrogens is 408 g/mol. The first-order valence-corrected chi connectivity index (χ1v) is 11.7. The molecule has 4 rings (SSSR count). The van der Waals surface area contributed by atoms with Gasteiger partial charge in [-0.3, -0.25) is 9.59 Å². The Morgan fingerprint density at radius 1 is 1.16 bits per heavy atom. The number of carbonyl (C=O) groups excluding carboxylic acids is 2. The van der Waals surface area contributed by atoms with Gasteiger partial charge >= 0.3 is 0 Å². The predicted octanol–water partition coefficient (Wildman–Crippen LogP) is 3.80. The molecule has 2 aromatic carbocycles. The van der Waals surface area contributed by atoms with Crippen molar-refractivity contribution in [1.82, 2.24) is 10.6 Å². The van der Waals surface area contributed by atoms with E-state index in [1.807, 2.05) is 48.5 Å². The van der Waals surface area contributed by atoms with Crippen molar-refractivity contribution >= 4 is 29.7 Å². The number of benzene rings is 2. The Balaban J connectivity index is 1.30. The zero-order valence-corrected chi connectivity index (χ0v) is 18.5. The van der Waals surface area contributed by atoms with Crippen molar-refractivity contribution in [2.45, 2.75) is 37.0 Å². The van der Waals surface area contributed by atoms with E-state index >= 15 is 0 Å². The van der Waals surface area contributed by atoms with E-state index in [0.717, 1.165) is 35.5 Å². The molecule has 1 saturated heterocycles. The van der Waals surface area contributed by atoms with Crippen molar-refractivity contribution in [1.29, 1.82) is 0 Å². The molecule has 1 aliphatic carbocycles. The van der Waals surface area contributed by atoms with E-state index in [2.05, 4.69) is 22.8 Å². The van der Waals surface area contributed by atoms with E-state index in [4.69, 9.17) is 4.74 Å². The van der Waals surface area contributed by atoms with E-state index in [-0.39, 0.29) is 23.8 Å². The van der Waals surface area contributed by atoms with Crippen LogP contribution >= 0.6 is 11.8 Å². The van der Waals surface area contributed by atoms with Crippen LogP contribution in [-0.2, 0) is 16.0 Å². The van der Waals surface area contributed by atoms with E-state index in [1.54, 1.807) is 18.9 Å². The highest BCUT2D eigenvalue weighted by Crippen LogP contribution is 2.40. The second-order valence-corrected chi connectivity index (χ2v) is 9.34. The van der Waals surface area contributed by atoms with Crippen molar-refractivity contribution in [2.75, 3.05) is 13.7 Å². The number of nitrogens with one attached hydrogen (secondary N) is 2. The highest BCUT2D eigenvalue weighted by atomic mass is 32.2. The van der Waals surface area contributed by atoms with Crippen molar-refractivity contribution in [2.24, 2.45) is 5.92 Å². The van der Waals surface area contributed by atoms with Crippen molar-refractivity contribution < 1.29 is 14.3 Å². The lowest BCUT2D eigenvalue weighted by atomic mass is 9.84. The lowest BCUT2D eigenvalue weighted by Crippen LogP contribution is -2.51. The van der Waals surface area contributed by atoms with Crippen LogP contribution in [0.15, 0.2) is 59.5 Å². The lowest BCUT2D eigenvalue weighted by Gasteiger charge is -2.39. The minimum absolute atomic E-state index is 0.0370. The van der Waals surface area contributed by atoms with Crippen LogP contribution in [0.3, 0.4) is 0 Å². The quantitative estimate of drug-likeness (QED) is 0.676. The molecule has 6 heteroatoms. The van der Waals surface area contributed by atoms with Gasteiger partial charge in [-0.25, -0.2) is 0 Å². The third-order valence-electron chi connectivity index (χ3n) is 5.95. The fraction of sp³-hybridized carbons (Fsp3) is 0.360. The van der Waals surface area contributed by atoms with Gasteiger partial charge in [0.05, 0.1) is 12.0 Å². The smallest absolute Gasteiger partial charge is 0.257 e. The van der Waals surface area contributed by atoms with Gasteiger partial charge in [-0.05, 0) is 55.0 Å². The Morgan fingerprint density at radius 2 is 1.94 bits per heavy atom. The Bertz CT molecular complexity index is 943. The van der Waals surface area contributed by atoms with Gasteiger partial charge in [0.1, 0.15) is 5.75 Å². The van der Waals surface area contributed by atoms with Gasteiger partial charge in [-0.1, -0.05) is 42.5 Å². The molecular formula is C25H28N2O3S. The average molecular weight is 437 g/mol. The summed E-state index contributed by atoms with van der Waals surface area (Å²) in [6.45, 7) is 0.642. The molecule has 2 amide bonds. The Hall–Kier alpha value is -2.73. The summed E-state index contributed by atoms with van der Waals surface area (Å²) in [7, 11) is 1.64. The Morgan fingerprint density at radius 3 is 2.68 bits per heavy atom. The summed E-state index contributed by atoms with van der Waals surface area (Å²) in [5.41, 5.74) is 2.20. The van der Waals surface area contributed by atoms with Crippen molar-refractivity contribution in [3.63, 3.8) is 0 Å². The van der Waals surface area contributed by atoms with Crippen molar-refractivity contribution in [3.05, 3.63) is 70.6 Å². The maximum absolute atomic E-state index is 12.7. The minimum Gasteiger partial charge on any atom is -0.497 e. The van der Waals surface area contributed by atoms with Crippen LogP contribution in [0.2, 0.25) is 0 Å². The average Bonchev–Trinajstić information content (AvgIpc) is 2.80. The Labute approximate surface area is 187 Å². The van der Waals surface area contributed by atoms with Gasteiger partial charge in [0, 0.05) is 23.8 Å². The largest absolute Gasteiger partial charge is 0.497 e. The molecule has 0 spiro atoms. The van der Waals surface area contributed by atoms with Crippen LogP contribution in [0.1, 0.15) is 30.4 Å². The SMILES string of the molecule is COc1ccc(/C=C2/SC3CCC(C(=O)NCCc4ccccc4)CC3NC2=O)cc1. The monoisotopic (exact) mass is 436 g/mol. The topological polar surface area (TPSA) is 67.4 Å². The van der Waals surface area contributed by atoms with E-state index < -0.39 is 0 Å². The first-order valence-electron chi connectivity index (χ1n) is 10.8. The van der Waals surface area contributed by atoms with Crippen LogP contribution in [-0.4, -0.2) is 36.8 Å². The lowest BCUT2D eigenvalue weighted by molar-refractivity contribution is -0.127. The molecule has 1 aliphatic heterocycles. The molecule has 0 bridgehead atoms. The van der Waals surface area contributed by atoms with Gasteiger partial charge in [0.15, 0.2) is 0 Å². The summed E-state index contributed by atoms with van der Waals surface area (Å²) < 4.78 is 5.19. The standard InChI is InChI=1S/C25H28N2O3S/c1-30-20-10-7-18(8-11-20)15-23-25(29)27-21-16-19(9-12-22(21)31-23)24(28)26-14-13-17-5-3-2-4-6-17/h2-8,10-11,15,19,21-22H,9,12-14,16H2,1H3,(H,26,28)(H,27,29)/b23-15+. The van der Waals surface area contributed by atoms with Gasteiger partial charge in [-0.2, -0.15) is 0 Å². The maximum atomic E-state index is 12.7. The number of fused-ring (bicyclic) bond motifs is 1. The number of hydrogen-bond donors (Lipinski definition) is 2. The number of rotatable bonds is 6. The summed E-state index contributed by atoms with van der Waals surface area (Å²) >= 11 is 1.64. The molecule has 0 aromatic heterocycles. The molecule has 5 nitrogen and oxygen atoms in total.